The Morgan fingerprint density at radius 2 is 2.24 bits per heavy atom. The van der Waals surface area contributed by atoms with E-state index in [4.69, 9.17) is 4.74 Å². The van der Waals surface area contributed by atoms with E-state index < -0.39 is 6.09 Å². The molecule has 0 aromatic heterocycles. The van der Waals surface area contributed by atoms with Crippen LogP contribution in [0.4, 0.5) is 4.79 Å². The summed E-state index contributed by atoms with van der Waals surface area (Å²) in [7, 11) is 0. The summed E-state index contributed by atoms with van der Waals surface area (Å²) in [6, 6.07) is 0. The van der Waals surface area contributed by atoms with E-state index in [0.29, 0.717) is 32.0 Å². The van der Waals surface area contributed by atoms with Crippen molar-refractivity contribution in [1.29, 1.82) is 0 Å². The fraction of sp³-hybridized carbons (Fsp3) is 0.667. The van der Waals surface area contributed by atoms with E-state index in [1.165, 1.54) is 4.90 Å². The predicted molar refractivity (Wildman–Crippen MR) is 62.2 cm³/mol. The number of carbonyl (C=O) groups excluding carboxylic acids is 2. The maximum absolute atomic E-state index is 11.7. The Kier molecular flexibility index (Phi) is 5.00. The van der Waals surface area contributed by atoms with Crippen molar-refractivity contribution in [2.75, 3.05) is 19.7 Å². The van der Waals surface area contributed by atoms with Gasteiger partial charge < -0.3 is 14.4 Å². The van der Waals surface area contributed by atoms with Gasteiger partial charge in [0.05, 0.1) is 18.8 Å². The Hall–Kier alpha value is -1.52. The summed E-state index contributed by atoms with van der Waals surface area (Å²) >= 11 is 0. The SMILES string of the molecule is C=COC(=O)N1CCC(C(=O)OCC(C)C)C1. The van der Waals surface area contributed by atoms with Gasteiger partial charge in [-0.25, -0.2) is 4.79 Å². The summed E-state index contributed by atoms with van der Waals surface area (Å²) < 4.78 is 9.79. The molecule has 0 bridgehead atoms. The zero-order valence-corrected chi connectivity index (χ0v) is 10.3. The van der Waals surface area contributed by atoms with E-state index in [-0.39, 0.29) is 11.9 Å². The van der Waals surface area contributed by atoms with Crippen LogP contribution in [0.2, 0.25) is 0 Å². The quantitative estimate of drug-likeness (QED) is 0.556. The first-order valence-corrected chi connectivity index (χ1v) is 5.77. The van der Waals surface area contributed by atoms with E-state index in [1.54, 1.807) is 0 Å². The Labute approximate surface area is 101 Å². The lowest BCUT2D eigenvalue weighted by Gasteiger charge is -2.14. The highest BCUT2D eigenvalue weighted by molar-refractivity contribution is 5.75. The molecule has 1 aliphatic heterocycles. The minimum atomic E-state index is -0.459. The topological polar surface area (TPSA) is 55.8 Å². The maximum Gasteiger partial charge on any atom is 0.414 e. The van der Waals surface area contributed by atoms with Crippen molar-refractivity contribution in [3.8, 4) is 0 Å². The number of carbonyl (C=O) groups is 2. The summed E-state index contributed by atoms with van der Waals surface area (Å²) in [5.41, 5.74) is 0. The van der Waals surface area contributed by atoms with Gasteiger partial charge in [0.1, 0.15) is 0 Å². The molecule has 1 heterocycles. The van der Waals surface area contributed by atoms with Crippen LogP contribution in [0.15, 0.2) is 12.8 Å². The third-order valence-corrected chi connectivity index (χ3v) is 2.52. The van der Waals surface area contributed by atoms with E-state index >= 15 is 0 Å². The van der Waals surface area contributed by atoms with Crippen LogP contribution in [0.25, 0.3) is 0 Å². The van der Waals surface area contributed by atoms with Gasteiger partial charge in [-0.1, -0.05) is 20.4 Å². The van der Waals surface area contributed by atoms with Gasteiger partial charge >= 0.3 is 12.1 Å². The summed E-state index contributed by atoms with van der Waals surface area (Å²) in [6.07, 6.45) is 1.26. The number of amides is 1. The van der Waals surface area contributed by atoms with Crippen LogP contribution in [0.5, 0.6) is 0 Å². The highest BCUT2D eigenvalue weighted by Gasteiger charge is 2.32. The van der Waals surface area contributed by atoms with Crippen LogP contribution >= 0.6 is 0 Å². The molecule has 5 heteroatoms. The van der Waals surface area contributed by atoms with Crippen molar-refractivity contribution in [3.63, 3.8) is 0 Å². The molecule has 1 saturated heterocycles. The third-order valence-electron chi connectivity index (χ3n) is 2.52. The molecule has 0 aromatic rings. The number of hydrogen-bond acceptors (Lipinski definition) is 4. The van der Waals surface area contributed by atoms with E-state index in [1.807, 2.05) is 13.8 Å². The van der Waals surface area contributed by atoms with Crippen molar-refractivity contribution in [3.05, 3.63) is 12.8 Å². The van der Waals surface area contributed by atoms with Crippen molar-refractivity contribution in [2.45, 2.75) is 20.3 Å². The third kappa shape index (κ3) is 4.09. The van der Waals surface area contributed by atoms with Crippen molar-refractivity contribution < 1.29 is 19.1 Å². The number of hydrogen-bond donors (Lipinski definition) is 0. The zero-order valence-electron chi connectivity index (χ0n) is 10.3. The minimum absolute atomic E-state index is 0.229. The minimum Gasteiger partial charge on any atom is -0.465 e. The summed E-state index contributed by atoms with van der Waals surface area (Å²) in [5, 5.41) is 0. The molecular weight excluding hydrogens is 222 g/mol. The highest BCUT2D eigenvalue weighted by Crippen LogP contribution is 2.18. The Bertz CT molecular complexity index is 301. The monoisotopic (exact) mass is 241 g/mol. The molecule has 0 spiro atoms. The molecule has 1 fully saturated rings. The molecule has 1 amide bonds. The number of rotatable bonds is 4. The fourth-order valence-corrected chi connectivity index (χ4v) is 1.63. The first-order valence-electron chi connectivity index (χ1n) is 5.77. The first-order chi connectivity index (χ1) is 8.04. The van der Waals surface area contributed by atoms with E-state index in [9.17, 15) is 9.59 Å². The lowest BCUT2D eigenvalue weighted by atomic mass is 10.1. The Balaban J connectivity index is 2.36. The lowest BCUT2D eigenvalue weighted by molar-refractivity contribution is -0.149. The van der Waals surface area contributed by atoms with Gasteiger partial charge in [-0.3, -0.25) is 4.79 Å². The van der Waals surface area contributed by atoms with Gasteiger partial charge in [0.25, 0.3) is 0 Å². The van der Waals surface area contributed by atoms with Gasteiger partial charge in [-0.2, -0.15) is 0 Å². The highest BCUT2D eigenvalue weighted by atomic mass is 16.5. The van der Waals surface area contributed by atoms with Crippen LogP contribution in [0.1, 0.15) is 20.3 Å². The molecule has 0 aliphatic carbocycles. The van der Waals surface area contributed by atoms with Gasteiger partial charge in [0, 0.05) is 13.1 Å². The molecule has 1 rings (SSSR count). The number of nitrogens with zero attached hydrogens (tertiary/aromatic N) is 1. The Morgan fingerprint density at radius 3 is 2.82 bits per heavy atom. The van der Waals surface area contributed by atoms with Gasteiger partial charge in [-0.05, 0) is 12.3 Å². The second kappa shape index (κ2) is 6.27. The van der Waals surface area contributed by atoms with E-state index in [0.717, 1.165) is 6.26 Å². The lowest BCUT2D eigenvalue weighted by Crippen LogP contribution is -2.30. The van der Waals surface area contributed by atoms with Crippen LogP contribution in [-0.2, 0) is 14.3 Å². The molecule has 1 unspecified atom stereocenters. The number of esters is 1. The standard InChI is InChI=1S/C12H19NO4/c1-4-16-12(15)13-6-5-10(7-13)11(14)17-8-9(2)3/h4,9-10H,1,5-8H2,2-3H3. The summed E-state index contributed by atoms with van der Waals surface area (Å²) in [6.45, 7) is 8.59. The van der Waals surface area contributed by atoms with Crippen molar-refractivity contribution in [1.82, 2.24) is 4.90 Å². The molecule has 1 aliphatic rings. The molecule has 0 saturated carbocycles. The fourth-order valence-electron chi connectivity index (χ4n) is 1.63. The molecule has 17 heavy (non-hydrogen) atoms. The zero-order chi connectivity index (χ0) is 12.8. The molecule has 0 radical (unpaired) electrons. The second-order valence-corrected chi connectivity index (χ2v) is 4.51. The number of likely N-dealkylation sites (tertiary alicyclic amines) is 1. The van der Waals surface area contributed by atoms with Crippen LogP contribution in [0, 0.1) is 11.8 Å². The van der Waals surface area contributed by atoms with Gasteiger partial charge in [-0.15, -0.1) is 0 Å². The molecule has 5 nitrogen and oxygen atoms in total. The number of ether oxygens (including phenoxy) is 2. The summed E-state index contributed by atoms with van der Waals surface area (Å²) in [4.78, 5) is 24.5. The molecule has 96 valence electrons. The molecular formula is C12H19NO4. The van der Waals surface area contributed by atoms with Gasteiger partial charge in [0.2, 0.25) is 0 Å². The predicted octanol–water partition coefficient (Wildman–Crippen LogP) is 1.79. The average molecular weight is 241 g/mol. The van der Waals surface area contributed by atoms with Gasteiger partial charge in [0.15, 0.2) is 0 Å². The summed E-state index contributed by atoms with van der Waals surface area (Å²) in [5.74, 6) is -0.138. The first kappa shape index (κ1) is 13.5. The Morgan fingerprint density at radius 1 is 1.53 bits per heavy atom. The van der Waals surface area contributed by atoms with Crippen LogP contribution in [0.3, 0.4) is 0 Å². The van der Waals surface area contributed by atoms with Crippen LogP contribution in [-0.4, -0.2) is 36.7 Å². The normalized spacial score (nSPS) is 19.2. The molecule has 0 aromatic carbocycles. The second-order valence-electron chi connectivity index (χ2n) is 4.51. The molecule has 0 N–H and O–H groups in total. The molecule has 1 atom stereocenters. The van der Waals surface area contributed by atoms with Crippen molar-refractivity contribution >= 4 is 12.1 Å². The largest absolute Gasteiger partial charge is 0.465 e. The maximum atomic E-state index is 11.7. The van der Waals surface area contributed by atoms with Crippen molar-refractivity contribution in [2.24, 2.45) is 11.8 Å². The van der Waals surface area contributed by atoms with E-state index in [2.05, 4.69) is 11.3 Å². The smallest absolute Gasteiger partial charge is 0.414 e. The van der Waals surface area contributed by atoms with Crippen LogP contribution < -0.4 is 0 Å². The average Bonchev–Trinajstić information content (AvgIpc) is 2.75.